The van der Waals surface area contributed by atoms with Crippen molar-refractivity contribution in [1.29, 1.82) is 0 Å². The third-order valence-corrected chi connectivity index (χ3v) is 3.38. The van der Waals surface area contributed by atoms with Crippen LogP contribution in [-0.4, -0.2) is 32.4 Å². The van der Waals surface area contributed by atoms with E-state index in [0.717, 1.165) is 55.5 Å². The summed E-state index contributed by atoms with van der Waals surface area (Å²) in [6.45, 7) is 9.56. The molecule has 0 spiro atoms. The number of aryl methyl sites for hydroxylation is 1. The van der Waals surface area contributed by atoms with Gasteiger partial charge in [0, 0.05) is 24.8 Å². The minimum atomic E-state index is 0.132. The Bertz CT molecular complexity index is 385. The van der Waals surface area contributed by atoms with Gasteiger partial charge in [0.2, 0.25) is 0 Å². The smallest absolute Gasteiger partial charge is 0.120 e. The topological polar surface area (TPSA) is 30.5 Å². The lowest BCUT2D eigenvalue weighted by Crippen LogP contribution is -2.30. The highest BCUT2D eigenvalue weighted by atomic mass is 35.5. The van der Waals surface area contributed by atoms with Crippen LogP contribution >= 0.6 is 11.6 Å². The Kier molecular flexibility index (Phi) is 8.67. The van der Waals surface area contributed by atoms with Crippen LogP contribution < -0.4 is 10.1 Å². The number of halogens is 1. The van der Waals surface area contributed by atoms with E-state index in [1.165, 1.54) is 0 Å². The molecule has 3 nitrogen and oxygen atoms in total. The lowest BCUT2D eigenvalue weighted by atomic mass is 10.1. The minimum Gasteiger partial charge on any atom is -0.489 e. The first-order valence-electron chi connectivity index (χ1n) is 7.40. The normalized spacial score (nSPS) is 12.4. The number of hydrogen-bond acceptors (Lipinski definition) is 3. The fraction of sp³-hybridized carbons (Fsp3) is 0.625. The standard InChI is InChI=1S/C16H26ClNO2/c1-4-14-11-15(7-8-16(14)17)20-13(3)12-18-9-6-10-19-5-2/h7-8,11,13,18H,4-6,9-10,12H2,1-3H3. The molecule has 0 aliphatic carbocycles. The van der Waals surface area contributed by atoms with Gasteiger partial charge in [-0.3, -0.25) is 0 Å². The Morgan fingerprint density at radius 1 is 1.30 bits per heavy atom. The highest BCUT2D eigenvalue weighted by Gasteiger charge is 2.06. The maximum Gasteiger partial charge on any atom is 0.120 e. The zero-order valence-corrected chi connectivity index (χ0v) is 13.5. The molecule has 114 valence electrons. The maximum absolute atomic E-state index is 6.10. The predicted molar refractivity (Wildman–Crippen MR) is 84.9 cm³/mol. The molecule has 4 heteroatoms. The molecule has 1 aromatic rings. The molecule has 0 fully saturated rings. The van der Waals surface area contributed by atoms with Crippen molar-refractivity contribution < 1.29 is 9.47 Å². The van der Waals surface area contributed by atoms with Crippen LogP contribution in [0.3, 0.4) is 0 Å². The average Bonchev–Trinajstić information content (AvgIpc) is 2.44. The quantitative estimate of drug-likeness (QED) is 0.669. The molecular formula is C16H26ClNO2. The lowest BCUT2D eigenvalue weighted by molar-refractivity contribution is 0.143. The molecule has 0 saturated carbocycles. The fourth-order valence-corrected chi connectivity index (χ4v) is 2.17. The molecule has 20 heavy (non-hydrogen) atoms. The van der Waals surface area contributed by atoms with Gasteiger partial charge < -0.3 is 14.8 Å². The van der Waals surface area contributed by atoms with Crippen LogP contribution in [-0.2, 0) is 11.2 Å². The molecule has 1 rings (SSSR count). The van der Waals surface area contributed by atoms with Crippen LogP contribution in [0.25, 0.3) is 0 Å². The molecule has 0 saturated heterocycles. The molecular weight excluding hydrogens is 274 g/mol. The molecule has 1 aromatic carbocycles. The Hall–Kier alpha value is -0.770. The first-order valence-corrected chi connectivity index (χ1v) is 7.78. The van der Waals surface area contributed by atoms with Gasteiger partial charge in [0.25, 0.3) is 0 Å². The van der Waals surface area contributed by atoms with Gasteiger partial charge in [-0.1, -0.05) is 18.5 Å². The van der Waals surface area contributed by atoms with Crippen LogP contribution in [0.15, 0.2) is 18.2 Å². The number of ether oxygens (including phenoxy) is 2. The highest BCUT2D eigenvalue weighted by molar-refractivity contribution is 6.31. The summed E-state index contributed by atoms with van der Waals surface area (Å²) in [4.78, 5) is 0. The molecule has 0 amide bonds. The second kappa shape index (κ2) is 10.0. The number of nitrogens with one attached hydrogen (secondary N) is 1. The maximum atomic E-state index is 6.10. The van der Waals surface area contributed by atoms with E-state index in [2.05, 4.69) is 19.2 Å². The zero-order valence-electron chi connectivity index (χ0n) is 12.7. The average molecular weight is 300 g/mol. The Morgan fingerprint density at radius 2 is 2.10 bits per heavy atom. The molecule has 0 aliphatic heterocycles. The summed E-state index contributed by atoms with van der Waals surface area (Å²) in [6, 6.07) is 5.85. The summed E-state index contributed by atoms with van der Waals surface area (Å²) >= 11 is 6.10. The Morgan fingerprint density at radius 3 is 2.80 bits per heavy atom. The van der Waals surface area contributed by atoms with E-state index >= 15 is 0 Å². The zero-order chi connectivity index (χ0) is 14.8. The lowest BCUT2D eigenvalue weighted by Gasteiger charge is -2.16. The predicted octanol–water partition coefficient (Wildman–Crippen LogP) is 3.69. The van der Waals surface area contributed by atoms with Crippen LogP contribution in [0.5, 0.6) is 5.75 Å². The first kappa shape index (κ1) is 17.3. The molecule has 1 atom stereocenters. The van der Waals surface area contributed by atoms with Crippen LogP contribution in [0.2, 0.25) is 5.02 Å². The summed E-state index contributed by atoms with van der Waals surface area (Å²) < 4.78 is 11.2. The van der Waals surface area contributed by atoms with Gasteiger partial charge in [-0.25, -0.2) is 0 Å². The Labute approximate surface area is 127 Å². The van der Waals surface area contributed by atoms with Crippen LogP contribution in [0, 0.1) is 0 Å². The SMILES string of the molecule is CCOCCCNCC(C)Oc1ccc(Cl)c(CC)c1. The van der Waals surface area contributed by atoms with Gasteiger partial charge in [-0.15, -0.1) is 0 Å². The third-order valence-electron chi connectivity index (χ3n) is 3.01. The van der Waals surface area contributed by atoms with Crippen molar-refractivity contribution in [2.45, 2.75) is 39.7 Å². The molecule has 0 heterocycles. The summed E-state index contributed by atoms with van der Waals surface area (Å²) in [6.07, 6.45) is 2.08. The first-order chi connectivity index (χ1) is 9.67. The van der Waals surface area contributed by atoms with E-state index < -0.39 is 0 Å². The minimum absolute atomic E-state index is 0.132. The number of benzene rings is 1. The molecule has 0 radical (unpaired) electrons. The molecule has 0 bridgehead atoms. The number of hydrogen-bond donors (Lipinski definition) is 1. The van der Waals surface area contributed by atoms with Crippen molar-refractivity contribution in [2.75, 3.05) is 26.3 Å². The molecule has 0 aliphatic rings. The molecule has 1 unspecified atom stereocenters. The van der Waals surface area contributed by atoms with Crippen molar-refractivity contribution in [1.82, 2.24) is 5.32 Å². The molecule has 1 N–H and O–H groups in total. The summed E-state index contributed by atoms with van der Waals surface area (Å²) in [7, 11) is 0. The van der Waals surface area contributed by atoms with Gasteiger partial charge >= 0.3 is 0 Å². The summed E-state index contributed by atoms with van der Waals surface area (Å²) in [5.41, 5.74) is 1.13. The van der Waals surface area contributed by atoms with Crippen molar-refractivity contribution in [3.05, 3.63) is 28.8 Å². The van der Waals surface area contributed by atoms with E-state index in [-0.39, 0.29) is 6.10 Å². The van der Waals surface area contributed by atoms with Crippen LogP contribution in [0.4, 0.5) is 0 Å². The van der Waals surface area contributed by atoms with E-state index in [1.807, 2.05) is 25.1 Å². The van der Waals surface area contributed by atoms with Gasteiger partial charge in [0.1, 0.15) is 11.9 Å². The largest absolute Gasteiger partial charge is 0.489 e. The third kappa shape index (κ3) is 6.60. The summed E-state index contributed by atoms with van der Waals surface area (Å²) in [5, 5.41) is 4.18. The van der Waals surface area contributed by atoms with Crippen molar-refractivity contribution in [3.8, 4) is 5.75 Å². The highest BCUT2D eigenvalue weighted by Crippen LogP contribution is 2.23. The van der Waals surface area contributed by atoms with E-state index in [0.29, 0.717) is 0 Å². The van der Waals surface area contributed by atoms with E-state index in [4.69, 9.17) is 21.1 Å². The Balaban J connectivity index is 2.26. The van der Waals surface area contributed by atoms with Crippen molar-refractivity contribution in [2.24, 2.45) is 0 Å². The second-order valence-corrected chi connectivity index (χ2v) is 5.20. The van der Waals surface area contributed by atoms with Crippen LogP contribution in [0.1, 0.15) is 32.8 Å². The summed E-state index contributed by atoms with van der Waals surface area (Å²) in [5.74, 6) is 0.884. The van der Waals surface area contributed by atoms with Gasteiger partial charge in [0.15, 0.2) is 0 Å². The van der Waals surface area contributed by atoms with Gasteiger partial charge in [-0.2, -0.15) is 0 Å². The van der Waals surface area contributed by atoms with E-state index in [9.17, 15) is 0 Å². The van der Waals surface area contributed by atoms with Crippen molar-refractivity contribution in [3.63, 3.8) is 0 Å². The second-order valence-electron chi connectivity index (χ2n) is 4.79. The number of rotatable bonds is 10. The fourth-order valence-electron chi connectivity index (χ4n) is 1.92. The van der Waals surface area contributed by atoms with Gasteiger partial charge in [0.05, 0.1) is 0 Å². The van der Waals surface area contributed by atoms with Crippen molar-refractivity contribution >= 4 is 11.6 Å². The molecule has 0 aromatic heterocycles. The monoisotopic (exact) mass is 299 g/mol. The van der Waals surface area contributed by atoms with Gasteiger partial charge in [-0.05, 0) is 57.0 Å². The van der Waals surface area contributed by atoms with E-state index in [1.54, 1.807) is 0 Å².